The van der Waals surface area contributed by atoms with Gasteiger partial charge < -0.3 is 9.84 Å². The lowest BCUT2D eigenvalue weighted by molar-refractivity contribution is 0.253. The van der Waals surface area contributed by atoms with Crippen molar-refractivity contribution in [3.05, 3.63) is 22.2 Å². The number of benzene rings is 1. The zero-order chi connectivity index (χ0) is 14.9. The number of phenolic OH excluding ortho intramolecular Hbond substituents is 1. The maximum absolute atomic E-state index is 11.5. The van der Waals surface area contributed by atoms with E-state index in [1.165, 1.54) is 7.11 Å². The van der Waals surface area contributed by atoms with Gasteiger partial charge >= 0.3 is 0 Å². The average molecular weight is 364 g/mol. The van der Waals surface area contributed by atoms with E-state index in [0.29, 0.717) is 23.2 Å². The molecule has 1 aromatic carbocycles. The predicted octanol–water partition coefficient (Wildman–Crippen LogP) is 1.78. The van der Waals surface area contributed by atoms with Crippen molar-refractivity contribution in [1.82, 2.24) is 4.90 Å². The van der Waals surface area contributed by atoms with Crippen molar-refractivity contribution in [1.29, 1.82) is 0 Å². The normalized spacial score (nSPS) is 21.3. The highest BCUT2D eigenvalue weighted by Crippen LogP contribution is 2.35. The summed E-state index contributed by atoms with van der Waals surface area (Å²) in [4.78, 5) is 2.03. The van der Waals surface area contributed by atoms with Crippen LogP contribution in [-0.4, -0.2) is 50.1 Å². The van der Waals surface area contributed by atoms with E-state index in [2.05, 4.69) is 15.9 Å². The zero-order valence-electron chi connectivity index (χ0n) is 11.5. The number of hydrogen-bond acceptors (Lipinski definition) is 5. The maximum atomic E-state index is 11.5. The van der Waals surface area contributed by atoms with Crippen molar-refractivity contribution >= 4 is 25.8 Å². The number of rotatable bonds is 4. The third kappa shape index (κ3) is 3.45. The summed E-state index contributed by atoms with van der Waals surface area (Å²) in [6.45, 7) is 0.607. The smallest absolute Gasteiger partial charge is 0.172 e. The topological polar surface area (TPSA) is 66.8 Å². The predicted molar refractivity (Wildman–Crippen MR) is 80.9 cm³/mol. The second kappa shape index (κ2) is 5.91. The first-order valence-corrected chi connectivity index (χ1v) is 8.90. The van der Waals surface area contributed by atoms with Gasteiger partial charge in [-0.15, -0.1) is 0 Å². The first kappa shape index (κ1) is 15.6. The van der Waals surface area contributed by atoms with Gasteiger partial charge in [-0.3, -0.25) is 4.90 Å². The van der Waals surface area contributed by atoms with Crippen LogP contribution in [0.3, 0.4) is 0 Å². The third-order valence-electron chi connectivity index (χ3n) is 3.57. The Bertz CT molecular complexity index is 603. The van der Waals surface area contributed by atoms with Crippen LogP contribution in [0, 0.1) is 0 Å². The molecule has 1 atom stereocenters. The van der Waals surface area contributed by atoms with E-state index in [9.17, 15) is 13.5 Å². The Morgan fingerprint density at radius 1 is 1.50 bits per heavy atom. The van der Waals surface area contributed by atoms with Crippen molar-refractivity contribution in [3.8, 4) is 11.5 Å². The van der Waals surface area contributed by atoms with Gasteiger partial charge in [0.15, 0.2) is 21.3 Å². The van der Waals surface area contributed by atoms with Crippen LogP contribution in [0.2, 0.25) is 0 Å². The van der Waals surface area contributed by atoms with Crippen LogP contribution in [0.15, 0.2) is 16.6 Å². The van der Waals surface area contributed by atoms with Crippen molar-refractivity contribution in [3.63, 3.8) is 0 Å². The minimum absolute atomic E-state index is 0.0542. The van der Waals surface area contributed by atoms with E-state index < -0.39 is 9.84 Å². The van der Waals surface area contributed by atoms with E-state index in [1.807, 2.05) is 18.0 Å². The molecule has 1 fully saturated rings. The summed E-state index contributed by atoms with van der Waals surface area (Å²) in [5.41, 5.74) is 0.957. The molecule has 2 rings (SSSR count). The molecule has 0 bridgehead atoms. The lowest BCUT2D eigenvalue weighted by Crippen LogP contribution is -2.32. The fourth-order valence-electron chi connectivity index (χ4n) is 2.41. The van der Waals surface area contributed by atoms with Crippen LogP contribution in [-0.2, 0) is 16.4 Å². The molecule has 7 heteroatoms. The van der Waals surface area contributed by atoms with Crippen LogP contribution in [0.4, 0.5) is 0 Å². The minimum atomic E-state index is -2.88. The molecule has 1 saturated heterocycles. The Balaban J connectivity index is 2.12. The highest BCUT2D eigenvalue weighted by molar-refractivity contribution is 9.10. The molecule has 0 radical (unpaired) electrons. The van der Waals surface area contributed by atoms with Gasteiger partial charge in [-0.25, -0.2) is 8.42 Å². The highest BCUT2D eigenvalue weighted by atomic mass is 79.9. The molecule has 1 aromatic rings. The Morgan fingerprint density at radius 2 is 2.20 bits per heavy atom. The summed E-state index contributed by atoms with van der Waals surface area (Å²) in [6.07, 6.45) is 0.676. The molecule has 0 aliphatic carbocycles. The molecule has 0 amide bonds. The van der Waals surface area contributed by atoms with Crippen LogP contribution in [0.1, 0.15) is 12.0 Å². The second-order valence-electron chi connectivity index (χ2n) is 5.10. The van der Waals surface area contributed by atoms with Gasteiger partial charge in [-0.05, 0) is 47.1 Å². The fourth-order valence-corrected chi connectivity index (χ4v) is 4.71. The van der Waals surface area contributed by atoms with Crippen LogP contribution < -0.4 is 4.74 Å². The molecule has 1 heterocycles. The molecule has 1 aliphatic rings. The molecule has 1 N–H and O–H groups in total. The molecule has 0 spiro atoms. The number of nitrogens with zero attached hydrogens (tertiary/aromatic N) is 1. The molecule has 112 valence electrons. The maximum Gasteiger partial charge on any atom is 0.172 e. The van der Waals surface area contributed by atoms with Gasteiger partial charge in [0.05, 0.1) is 23.1 Å². The molecule has 1 unspecified atom stereocenters. The lowest BCUT2D eigenvalue weighted by atomic mass is 10.1. The molecule has 0 saturated carbocycles. The first-order chi connectivity index (χ1) is 9.32. The number of phenols is 1. The Morgan fingerprint density at radius 3 is 2.75 bits per heavy atom. The summed E-state index contributed by atoms with van der Waals surface area (Å²) in [6, 6.07) is 3.64. The van der Waals surface area contributed by atoms with Crippen molar-refractivity contribution < 1.29 is 18.3 Å². The number of hydrogen-bond donors (Lipinski definition) is 1. The average Bonchev–Trinajstić information content (AvgIpc) is 2.74. The quantitative estimate of drug-likeness (QED) is 0.882. The summed E-state index contributed by atoms with van der Waals surface area (Å²) < 4.78 is 28.7. The van der Waals surface area contributed by atoms with E-state index in [4.69, 9.17) is 4.74 Å². The molecule has 1 aliphatic heterocycles. The standard InChI is InChI=1S/C13H18BrNO4S/c1-15(10-3-4-20(17,18)8-10)7-9-5-11(14)13(16)12(6-9)19-2/h5-6,10,16H,3-4,7-8H2,1-2H3. The largest absolute Gasteiger partial charge is 0.503 e. The minimum Gasteiger partial charge on any atom is -0.503 e. The van der Waals surface area contributed by atoms with Gasteiger partial charge in [0, 0.05) is 12.6 Å². The van der Waals surface area contributed by atoms with E-state index in [1.54, 1.807) is 6.07 Å². The van der Waals surface area contributed by atoms with E-state index in [-0.39, 0.29) is 23.3 Å². The Labute approximate surface area is 127 Å². The molecule has 5 nitrogen and oxygen atoms in total. The summed E-state index contributed by atoms with van der Waals surface area (Å²) in [5.74, 6) is 0.967. The second-order valence-corrected chi connectivity index (χ2v) is 8.18. The Kier molecular flexibility index (Phi) is 4.61. The van der Waals surface area contributed by atoms with Gasteiger partial charge in [0.2, 0.25) is 0 Å². The highest BCUT2D eigenvalue weighted by Gasteiger charge is 2.30. The number of sulfone groups is 1. The monoisotopic (exact) mass is 363 g/mol. The number of methoxy groups -OCH3 is 1. The van der Waals surface area contributed by atoms with Crippen LogP contribution >= 0.6 is 15.9 Å². The van der Waals surface area contributed by atoms with Crippen LogP contribution in [0.25, 0.3) is 0 Å². The molecular formula is C13H18BrNO4S. The first-order valence-electron chi connectivity index (χ1n) is 6.28. The SMILES string of the molecule is COc1cc(CN(C)C2CCS(=O)(=O)C2)cc(Br)c1O. The number of halogens is 1. The van der Waals surface area contributed by atoms with E-state index >= 15 is 0 Å². The summed E-state index contributed by atoms with van der Waals surface area (Å²) in [5, 5.41) is 9.77. The third-order valence-corrected chi connectivity index (χ3v) is 5.93. The fraction of sp³-hybridized carbons (Fsp3) is 0.538. The van der Waals surface area contributed by atoms with Gasteiger partial charge in [-0.1, -0.05) is 0 Å². The van der Waals surface area contributed by atoms with Gasteiger partial charge in [0.25, 0.3) is 0 Å². The summed E-state index contributed by atoms with van der Waals surface area (Å²) >= 11 is 3.28. The van der Waals surface area contributed by atoms with Crippen LogP contribution in [0.5, 0.6) is 11.5 Å². The molecule has 20 heavy (non-hydrogen) atoms. The van der Waals surface area contributed by atoms with Crippen molar-refractivity contribution in [2.24, 2.45) is 0 Å². The summed E-state index contributed by atoms with van der Waals surface area (Å²) in [7, 11) is 0.538. The van der Waals surface area contributed by atoms with Gasteiger partial charge in [-0.2, -0.15) is 0 Å². The molecular weight excluding hydrogens is 346 g/mol. The van der Waals surface area contributed by atoms with Gasteiger partial charge in [0.1, 0.15) is 0 Å². The van der Waals surface area contributed by atoms with Crippen molar-refractivity contribution in [2.75, 3.05) is 25.7 Å². The zero-order valence-corrected chi connectivity index (χ0v) is 13.9. The number of aromatic hydroxyl groups is 1. The molecule has 0 aromatic heterocycles. The van der Waals surface area contributed by atoms with E-state index in [0.717, 1.165) is 5.56 Å². The Hall–Kier alpha value is -0.790. The van der Waals surface area contributed by atoms with Crippen molar-refractivity contribution in [2.45, 2.75) is 19.0 Å². The number of ether oxygens (including phenoxy) is 1. The lowest BCUT2D eigenvalue weighted by Gasteiger charge is -2.23.